The molecule has 1 fully saturated rings. The molecule has 0 radical (unpaired) electrons. The van der Waals surface area contributed by atoms with Gasteiger partial charge in [-0.25, -0.2) is 4.79 Å². The molecule has 1 saturated heterocycles. The summed E-state index contributed by atoms with van der Waals surface area (Å²) < 4.78 is 19.2. The Labute approximate surface area is 171 Å². The highest BCUT2D eigenvalue weighted by molar-refractivity contribution is 6.02. The number of benzene rings is 3. The van der Waals surface area contributed by atoms with Crippen molar-refractivity contribution in [3.8, 4) is 5.75 Å². The van der Waals surface area contributed by atoms with E-state index in [2.05, 4.69) is 0 Å². The second kappa shape index (κ2) is 5.53. The summed E-state index contributed by atoms with van der Waals surface area (Å²) in [6.07, 6.45) is -1.95. The van der Waals surface area contributed by atoms with E-state index >= 15 is 0 Å². The zero-order valence-corrected chi connectivity index (χ0v) is 16.8. The van der Waals surface area contributed by atoms with E-state index in [1.807, 2.05) is 61.9 Å². The van der Waals surface area contributed by atoms with Gasteiger partial charge in [0.2, 0.25) is 0 Å². The summed E-state index contributed by atoms with van der Waals surface area (Å²) in [5.74, 6) is 0.599. The number of hydrogen-bond acceptors (Lipinski definition) is 5. The molecule has 6 rings (SSSR count). The van der Waals surface area contributed by atoms with E-state index in [1.54, 1.807) is 12.1 Å². The summed E-state index contributed by atoms with van der Waals surface area (Å²) in [7, 11) is 1.92. The Morgan fingerprint density at radius 1 is 0.933 bits per heavy atom. The largest absolute Gasteiger partial charge is 0.509 e. The van der Waals surface area contributed by atoms with Crippen molar-refractivity contribution in [2.24, 2.45) is 7.05 Å². The Balaban J connectivity index is 1.76. The topological polar surface area (TPSA) is 66.8 Å². The van der Waals surface area contributed by atoms with Gasteiger partial charge < -0.3 is 18.8 Å². The number of carbonyl (C=O) groups is 1. The van der Waals surface area contributed by atoms with Crippen molar-refractivity contribution in [1.82, 2.24) is 4.57 Å². The van der Waals surface area contributed by atoms with Crippen LogP contribution in [0.2, 0.25) is 0 Å². The highest BCUT2D eigenvalue weighted by Gasteiger charge is 2.54. The fourth-order valence-corrected chi connectivity index (χ4v) is 4.87. The van der Waals surface area contributed by atoms with Crippen LogP contribution in [0.15, 0.2) is 53.3 Å². The highest BCUT2D eigenvalue weighted by Crippen LogP contribution is 2.49. The summed E-state index contributed by atoms with van der Waals surface area (Å²) in [6.45, 7) is 3.73. The van der Waals surface area contributed by atoms with Crippen LogP contribution in [0.4, 0.5) is 4.79 Å². The molecule has 0 bridgehead atoms. The molecular formula is C24H19NO5. The van der Waals surface area contributed by atoms with Crippen molar-refractivity contribution in [2.75, 3.05) is 0 Å². The molecule has 2 atom stereocenters. The molecule has 150 valence electrons. The average Bonchev–Trinajstić information content (AvgIpc) is 3.13. The first-order valence-corrected chi connectivity index (χ1v) is 9.89. The summed E-state index contributed by atoms with van der Waals surface area (Å²) >= 11 is 0. The van der Waals surface area contributed by atoms with Crippen molar-refractivity contribution in [2.45, 2.75) is 31.7 Å². The van der Waals surface area contributed by atoms with E-state index in [-0.39, 0.29) is 5.43 Å². The molecule has 0 amide bonds. The smallest absolute Gasteiger partial charge is 0.483 e. The molecule has 3 aromatic carbocycles. The molecule has 1 aromatic heterocycles. The number of aromatic nitrogens is 1. The molecule has 6 heteroatoms. The first kappa shape index (κ1) is 17.3. The first-order chi connectivity index (χ1) is 14.3. The SMILES string of the molecule is Cn1c2cc3ccccc3cc2c(=O)c2ccc3c(c21)[C@H]1OC(=O)O[C@H]1C(C)(C)O3. The van der Waals surface area contributed by atoms with Crippen LogP contribution < -0.4 is 10.2 Å². The summed E-state index contributed by atoms with van der Waals surface area (Å²) in [6, 6.07) is 15.5. The molecule has 3 heterocycles. The fourth-order valence-electron chi connectivity index (χ4n) is 4.87. The predicted octanol–water partition coefficient (Wildman–Crippen LogP) is 4.59. The van der Waals surface area contributed by atoms with E-state index in [4.69, 9.17) is 14.2 Å². The Kier molecular flexibility index (Phi) is 3.20. The van der Waals surface area contributed by atoms with Gasteiger partial charge in [0, 0.05) is 17.8 Å². The third-order valence-electron chi connectivity index (χ3n) is 6.29. The number of carbonyl (C=O) groups excluding carboxylic acids is 1. The zero-order chi connectivity index (χ0) is 20.8. The molecular weight excluding hydrogens is 382 g/mol. The van der Waals surface area contributed by atoms with Crippen LogP contribution >= 0.6 is 0 Å². The van der Waals surface area contributed by atoms with Gasteiger partial charge in [-0.2, -0.15) is 0 Å². The van der Waals surface area contributed by atoms with Gasteiger partial charge >= 0.3 is 6.16 Å². The Morgan fingerprint density at radius 3 is 2.43 bits per heavy atom. The Hall–Kier alpha value is -3.54. The molecule has 0 unspecified atom stereocenters. The number of ether oxygens (including phenoxy) is 3. The molecule has 0 saturated carbocycles. The molecule has 0 spiro atoms. The third kappa shape index (κ3) is 2.13. The lowest BCUT2D eigenvalue weighted by atomic mass is 9.87. The quantitative estimate of drug-likeness (QED) is 0.318. The van der Waals surface area contributed by atoms with E-state index in [0.717, 1.165) is 16.3 Å². The predicted molar refractivity (Wildman–Crippen MR) is 113 cm³/mol. The maximum absolute atomic E-state index is 13.5. The summed E-state index contributed by atoms with van der Waals surface area (Å²) in [4.78, 5) is 25.4. The average molecular weight is 401 g/mol. The molecule has 6 nitrogen and oxygen atoms in total. The number of fused-ring (bicyclic) bond motifs is 7. The second-order valence-electron chi connectivity index (χ2n) is 8.51. The Morgan fingerprint density at radius 2 is 1.67 bits per heavy atom. The number of pyridine rings is 1. The van der Waals surface area contributed by atoms with Crippen molar-refractivity contribution in [3.63, 3.8) is 0 Å². The number of hydrogen-bond donors (Lipinski definition) is 0. The lowest BCUT2D eigenvalue weighted by Crippen LogP contribution is -2.48. The van der Waals surface area contributed by atoms with E-state index in [0.29, 0.717) is 27.6 Å². The summed E-state index contributed by atoms with van der Waals surface area (Å²) in [5, 5.41) is 3.28. The van der Waals surface area contributed by atoms with Crippen LogP contribution in [-0.2, 0) is 16.5 Å². The van der Waals surface area contributed by atoms with Crippen molar-refractivity contribution in [1.29, 1.82) is 0 Å². The molecule has 0 aliphatic carbocycles. The fraction of sp³-hybridized carbons (Fsp3) is 0.250. The standard InChI is InChI=1S/C24H19NO5/c1-24(2)22-21(28-23(27)29-22)18-17(30-24)9-8-14-19(18)25(3)16-11-13-7-5-4-6-12(13)10-15(16)20(14)26/h4-11,21-22H,1-3H3/t21-,22-/m1/s1. The van der Waals surface area contributed by atoms with Gasteiger partial charge in [0.05, 0.1) is 16.6 Å². The van der Waals surface area contributed by atoms with E-state index < -0.39 is 24.0 Å². The lowest BCUT2D eigenvalue weighted by Gasteiger charge is -2.38. The van der Waals surface area contributed by atoms with Crippen molar-refractivity contribution >= 4 is 38.7 Å². The molecule has 2 aliphatic heterocycles. The van der Waals surface area contributed by atoms with Crippen molar-refractivity contribution < 1.29 is 19.0 Å². The monoisotopic (exact) mass is 401 g/mol. The maximum atomic E-state index is 13.5. The van der Waals surface area contributed by atoms with Gasteiger partial charge in [0.15, 0.2) is 17.6 Å². The maximum Gasteiger partial charge on any atom is 0.509 e. The highest BCUT2D eigenvalue weighted by atomic mass is 16.8. The van der Waals surface area contributed by atoms with Gasteiger partial charge in [-0.1, -0.05) is 24.3 Å². The minimum atomic E-state index is -0.747. The lowest BCUT2D eigenvalue weighted by molar-refractivity contribution is -0.0498. The second-order valence-corrected chi connectivity index (χ2v) is 8.51. The van der Waals surface area contributed by atoms with Crippen LogP contribution in [0, 0.1) is 0 Å². The van der Waals surface area contributed by atoms with Crippen LogP contribution in [0.25, 0.3) is 32.6 Å². The first-order valence-electron chi connectivity index (χ1n) is 9.89. The molecule has 30 heavy (non-hydrogen) atoms. The van der Waals surface area contributed by atoms with Gasteiger partial charge in [0.25, 0.3) is 0 Å². The Bertz CT molecular complexity index is 1470. The van der Waals surface area contributed by atoms with E-state index in [9.17, 15) is 9.59 Å². The van der Waals surface area contributed by atoms with E-state index in [1.165, 1.54) is 0 Å². The van der Waals surface area contributed by atoms with Crippen LogP contribution in [-0.4, -0.2) is 22.4 Å². The van der Waals surface area contributed by atoms with Crippen LogP contribution in [0.3, 0.4) is 0 Å². The third-order valence-corrected chi connectivity index (χ3v) is 6.29. The zero-order valence-electron chi connectivity index (χ0n) is 16.8. The molecule has 4 aromatic rings. The summed E-state index contributed by atoms with van der Waals surface area (Å²) in [5.41, 5.74) is 1.38. The van der Waals surface area contributed by atoms with Crippen molar-refractivity contribution in [3.05, 3.63) is 64.3 Å². The van der Waals surface area contributed by atoms with Gasteiger partial charge in [0.1, 0.15) is 11.4 Å². The molecule has 2 aliphatic rings. The number of aryl methyl sites for hydroxylation is 1. The normalized spacial score (nSPS) is 21.8. The van der Waals surface area contributed by atoms with Gasteiger partial charge in [-0.05, 0) is 48.9 Å². The number of rotatable bonds is 0. The minimum Gasteiger partial charge on any atom is -0.483 e. The van der Waals surface area contributed by atoms with Crippen LogP contribution in [0.5, 0.6) is 5.75 Å². The molecule has 0 N–H and O–H groups in total. The van der Waals surface area contributed by atoms with Gasteiger partial charge in [-0.15, -0.1) is 0 Å². The van der Waals surface area contributed by atoms with Gasteiger partial charge in [-0.3, -0.25) is 4.79 Å². The van der Waals surface area contributed by atoms with Crippen LogP contribution in [0.1, 0.15) is 25.5 Å². The minimum absolute atomic E-state index is 0.0571. The number of nitrogens with zero attached hydrogens (tertiary/aromatic N) is 1.